The van der Waals surface area contributed by atoms with E-state index in [0.717, 1.165) is 32.1 Å². The van der Waals surface area contributed by atoms with Gasteiger partial charge in [-0.2, -0.15) is 4.31 Å². The Balaban J connectivity index is 0.00000225. The van der Waals surface area contributed by atoms with Gasteiger partial charge < -0.3 is 14.8 Å². The number of carbonyl (C=O) groups excluding carboxylic acids is 1. The van der Waals surface area contributed by atoms with Crippen molar-refractivity contribution >= 4 is 28.3 Å². The summed E-state index contributed by atoms with van der Waals surface area (Å²) in [6, 6.07) is 2.78. The molecule has 3 saturated heterocycles. The predicted octanol–water partition coefficient (Wildman–Crippen LogP) is 1.98. The summed E-state index contributed by atoms with van der Waals surface area (Å²) < 4.78 is 29.0. The highest BCUT2D eigenvalue weighted by Crippen LogP contribution is 2.30. The fourth-order valence-electron chi connectivity index (χ4n) is 4.83. The molecule has 2 atom stereocenters. The van der Waals surface area contributed by atoms with E-state index in [1.165, 1.54) is 12.8 Å². The Kier molecular flexibility index (Phi) is 6.44. The Bertz CT molecular complexity index is 807. The number of sulfonamides is 1. The predicted molar refractivity (Wildman–Crippen MR) is 110 cm³/mol. The molecule has 3 fully saturated rings. The zero-order valence-corrected chi connectivity index (χ0v) is 18.3. The molecule has 3 aliphatic heterocycles. The van der Waals surface area contributed by atoms with Crippen LogP contribution in [0.25, 0.3) is 0 Å². The first-order valence-electron chi connectivity index (χ1n) is 10.1. The number of hydrogen-bond donors (Lipinski definition) is 1. The van der Waals surface area contributed by atoms with Crippen LogP contribution in [0.1, 0.15) is 55.4 Å². The van der Waals surface area contributed by atoms with Crippen LogP contribution in [0.2, 0.25) is 0 Å². The molecule has 9 heteroatoms. The molecule has 3 aliphatic rings. The quantitative estimate of drug-likeness (QED) is 0.792. The van der Waals surface area contributed by atoms with E-state index < -0.39 is 10.0 Å². The van der Waals surface area contributed by atoms with Crippen LogP contribution in [0.15, 0.2) is 17.2 Å². The van der Waals surface area contributed by atoms with E-state index >= 15 is 0 Å². The SMILES string of the molecule is CN(C(=O)c1cc(S(=O)(=O)N2CCCCC2)cn1C)C1CC2CCC(C1)N2.Cl. The topological polar surface area (TPSA) is 74.7 Å². The molecule has 0 saturated carbocycles. The lowest BCUT2D eigenvalue weighted by molar-refractivity contribution is 0.0672. The number of piperidine rings is 2. The molecular formula is C19H31ClN4O3S. The van der Waals surface area contributed by atoms with Gasteiger partial charge in [-0.1, -0.05) is 6.42 Å². The lowest BCUT2D eigenvalue weighted by Crippen LogP contribution is -2.49. The van der Waals surface area contributed by atoms with Gasteiger partial charge in [-0.15, -0.1) is 12.4 Å². The van der Waals surface area contributed by atoms with Crippen LogP contribution >= 0.6 is 12.4 Å². The Morgan fingerprint density at radius 1 is 1.14 bits per heavy atom. The summed E-state index contributed by atoms with van der Waals surface area (Å²) in [4.78, 5) is 15.1. The molecule has 0 aromatic carbocycles. The number of hydrogen-bond acceptors (Lipinski definition) is 4. The maximum Gasteiger partial charge on any atom is 0.270 e. The van der Waals surface area contributed by atoms with Gasteiger partial charge in [0.1, 0.15) is 10.6 Å². The van der Waals surface area contributed by atoms with Crippen molar-refractivity contribution in [2.75, 3.05) is 20.1 Å². The van der Waals surface area contributed by atoms with Gasteiger partial charge in [0.15, 0.2) is 0 Å². The number of rotatable bonds is 4. The fraction of sp³-hybridized carbons (Fsp3) is 0.737. The van der Waals surface area contributed by atoms with Gasteiger partial charge in [0.25, 0.3) is 5.91 Å². The molecule has 2 unspecified atom stereocenters. The van der Waals surface area contributed by atoms with Crippen molar-refractivity contribution < 1.29 is 13.2 Å². The summed E-state index contributed by atoms with van der Waals surface area (Å²) in [5.41, 5.74) is 0.443. The normalized spacial score (nSPS) is 28.0. The van der Waals surface area contributed by atoms with E-state index in [2.05, 4.69) is 5.32 Å². The van der Waals surface area contributed by atoms with Crippen molar-refractivity contribution in [1.29, 1.82) is 0 Å². The van der Waals surface area contributed by atoms with Crippen molar-refractivity contribution in [3.05, 3.63) is 18.0 Å². The van der Waals surface area contributed by atoms with Crippen molar-refractivity contribution in [3.63, 3.8) is 0 Å². The average molecular weight is 431 g/mol. The van der Waals surface area contributed by atoms with Crippen molar-refractivity contribution in [1.82, 2.24) is 19.1 Å². The van der Waals surface area contributed by atoms with Crippen molar-refractivity contribution in [2.24, 2.45) is 7.05 Å². The van der Waals surface area contributed by atoms with E-state index in [0.29, 0.717) is 30.9 Å². The molecule has 0 radical (unpaired) electrons. The molecule has 1 N–H and O–H groups in total. The second-order valence-corrected chi connectivity index (χ2v) is 10.3. The minimum absolute atomic E-state index is 0. The summed E-state index contributed by atoms with van der Waals surface area (Å²) >= 11 is 0. The second kappa shape index (κ2) is 8.34. The summed E-state index contributed by atoms with van der Waals surface area (Å²) in [6.45, 7) is 1.14. The van der Waals surface area contributed by atoms with Gasteiger partial charge in [0.05, 0.1) is 0 Å². The molecule has 2 bridgehead atoms. The van der Waals surface area contributed by atoms with Gasteiger partial charge in [-0.05, 0) is 44.6 Å². The molecule has 4 rings (SSSR count). The van der Waals surface area contributed by atoms with Crippen molar-refractivity contribution in [2.45, 2.75) is 68.0 Å². The average Bonchev–Trinajstić information content (AvgIpc) is 3.23. The Labute approximate surface area is 173 Å². The highest BCUT2D eigenvalue weighted by Gasteiger charge is 2.37. The van der Waals surface area contributed by atoms with Gasteiger partial charge in [0.2, 0.25) is 10.0 Å². The number of amides is 1. The lowest BCUT2D eigenvalue weighted by atomic mass is 9.98. The smallest absolute Gasteiger partial charge is 0.270 e. The Hall–Kier alpha value is -1.09. The minimum Gasteiger partial charge on any atom is -0.345 e. The van der Waals surface area contributed by atoms with Gasteiger partial charge in [-0.25, -0.2) is 8.42 Å². The maximum absolute atomic E-state index is 13.1. The molecule has 0 spiro atoms. The Morgan fingerprint density at radius 3 is 2.36 bits per heavy atom. The van der Waals surface area contributed by atoms with Crippen LogP contribution < -0.4 is 5.32 Å². The monoisotopic (exact) mass is 430 g/mol. The summed E-state index contributed by atoms with van der Waals surface area (Å²) in [5.74, 6) is -0.0936. The van der Waals surface area contributed by atoms with E-state index in [-0.39, 0.29) is 29.3 Å². The number of fused-ring (bicyclic) bond motifs is 2. The zero-order chi connectivity index (χ0) is 19.2. The fourth-order valence-corrected chi connectivity index (χ4v) is 6.42. The summed E-state index contributed by atoms with van der Waals surface area (Å²) in [6.07, 6.45) is 8.78. The molecule has 1 aromatic heterocycles. The number of aryl methyl sites for hydroxylation is 1. The standard InChI is InChI=1S/C19H30N4O3S.ClH/c1-21-13-17(27(25,26)23-8-4-3-5-9-23)12-18(21)19(24)22(2)16-10-14-6-7-15(11-16)20-14;/h12-16,20H,3-11H2,1-2H3;1H. The first-order chi connectivity index (χ1) is 12.9. The number of nitrogens with one attached hydrogen (secondary N) is 1. The Morgan fingerprint density at radius 2 is 1.75 bits per heavy atom. The van der Waals surface area contributed by atoms with E-state index in [4.69, 9.17) is 0 Å². The molecule has 1 amide bonds. The first kappa shape index (κ1) is 21.6. The largest absolute Gasteiger partial charge is 0.345 e. The minimum atomic E-state index is -3.52. The van der Waals surface area contributed by atoms with E-state index in [1.54, 1.807) is 28.2 Å². The van der Waals surface area contributed by atoms with E-state index in [9.17, 15) is 13.2 Å². The van der Waals surface area contributed by atoms with Crippen LogP contribution in [-0.2, 0) is 17.1 Å². The van der Waals surface area contributed by atoms with Crippen LogP contribution in [0.5, 0.6) is 0 Å². The third-order valence-electron chi connectivity index (χ3n) is 6.47. The third-order valence-corrected chi connectivity index (χ3v) is 8.33. The number of carbonyl (C=O) groups is 1. The number of nitrogens with zero attached hydrogens (tertiary/aromatic N) is 3. The summed E-state index contributed by atoms with van der Waals surface area (Å²) in [5, 5.41) is 3.60. The molecule has 4 heterocycles. The first-order valence-corrected chi connectivity index (χ1v) is 11.5. The van der Waals surface area contributed by atoms with Crippen LogP contribution in [0, 0.1) is 0 Å². The summed E-state index contributed by atoms with van der Waals surface area (Å²) in [7, 11) is 0.0796. The maximum atomic E-state index is 13.1. The van der Waals surface area contributed by atoms with E-state index in [1.807, 2.05) is 11.9 Å². The number of halogens is 1. The molecule has 7 nitrogen and oxygen atoms in total. The second-order valence-electron chi connectivity index (χ2n) is 8.32. The van der Waals surface area contributed by atoms with Crippen molar-refractivity contribution in [3.8, 4) is 0 Å². The van der Waals surface area contributed by atoms with Gasteiger partial charge in [-0.3, -0.25) is 4.79 Å². The van der Waals surface area contributed by atoms with Crippen LogP contribution in [0.4, 0.5) is 0 Å². The zero-order valence-electron chi connectivity index (χ0n) is 16.6. The van der Waals surface area contributed by atoms with Crippen LogP contribution in [0.3, 0.4) is 0 Å². The highest BCUT2D eigenvalue weighted by atomic mass is 35.5. The highest BCUT2D eigenvalue weighted by molar-refractivity contribution is 7.89. The molecule has 28 heavy (non-hydrogen) atoms. The molecular weight excluding hydrogens is 400 g/mol. The lowest BCUT2D eigenvalue weighted by Gasteiger charge is -2.35. The molecule has 0 aliphatic carbocycles. The van der Waals surface area contributed by atoms with Gasteiger partial charge in [0, 0.05) is 51.5 Å². The number of aromatic nitrogens is 1. The van der Waals surface area contributed by atoms with Crippen LogP contribution in [-0.4, -0.2) is 66.4 Å². The third kappa shape index (κ3) is 3.97. The molecule has 158 valence electrons. The van der Waals surface area contributed by atoms with Gasteiger partial charge >= 0.3 is 0 Å². The molecule has 1 aromatic rings.